The van der Waals surface area contributed by atoms with Gasteiger partial charge in [0, 0.05) is 48.9 Å². The number of urea groups is 1. The summed E-state index contributed by atoms with van der Waals surface area (Å²) in [5.74, 6) is -0.348. The van der Waals surface area contributed by atoms with Crippen LogP contribution in [0.5, 0.6) is 0 Å². The number of imide groups is 1. The van der Waals surface area contributed by atoms with Crippen molar-refractivity contribution in [1.29, 1.82) is 0 Å². The largest absolute Gasteiger partial charge is 0.558 e. The number of hydrogen-bond donors (Lipinski definition) is 2. The number of quaternary nitrogens is 1. The number of piperazine rings is 1. The Kier molecular flexibility index (Phi) is 9.00. The summed E-state index contributed by atoms with van der Waals surface area (Å²) < 4.78 is 10.1. The number of amides is 4. The molecular formula is C33H41N6O5+. The van der Waals surface area contributed by atoms with E-state index in [1.54, 1.807) is 12.1 Å². The van der Waals surface area contributed by atoms with E-state index in [-0.39, 0.29) is 29.8 Å². The van der Waals surface area contributed by atoms with E-state index in [0.29, 0.717) is 5.56 Å². The van der Waals surface area contributed by atoms with Crippen LogP contribution in [0.3, 0.4) is 0 Å². The molecule has 2 aromatic carbocycles. The Balaban J connectivity index is 1.40. The Morgan fingerprint density at radius 1 is 1.00 bits per heavy atom. The monoisotopic (exact) mass is 601 g/mol. The number of carbonyl (C=O) groups excluding carboxylic acids is 3. The van der Waals surface area contributed by atoms with E-state index in [9.17, 15) is 14.4 Å². The van der Waals surface area contributed by atoms with Gasteiger partial charge in [-0.15, -0.1) is 0 Å². The van der Waals surface area contributed by atoms with Crippen molar-refractivity contribution in [1.82, 2.24) is 25.0 Å². The van der Waals surface area contributed by atoms with Crippen LogP contribution in [0.25, 0.3) is 0 Å². The number of carbonyl (C=O) groups is 3. The topological polar surface area (TPSA) is 116 Å². The molecule has 0 saturated carbocycles. The lowest BCUT2D eigenvalue weighted by Crippen LogP contribution is -2.61. The Morgan fingerprint density at radius 3 is 2.34 bits per heavy atom. The molecule has 1 aromatic heterocycles. The number of ether oxygens (including phenoxy) is 1. The summed E-state index contributed by atoms with van der Waals surface area (Å²) >= 11 is 0. The molecule has 11 nitrogen and oxygen atoms in total. The lowest BCUT2D eigenvalue weighted by atomic mass is 9.94. The van der Waals surface area contributed by atoms with Crippen molar-refractivity contribution < 1.29 is 23.5 Å². The van der Waals surface area contributed by atoms with Gasteiger partial charge in [-0.1, -0.05) is 56.3 Å². The normalized spacial score (nSPS) is 18.9. The molecule has 0 aliphatic carbocycles. The second-order valence-corrected chi connectivity index (χ2v) is 12.3. The summed E-state index contributed by atoms with van der Waals surface area (Å²) in [6, 6.07) is 17.6. The fourth-order valence-electron chi connectivity index (χ4n) is 5.25. The molecule has 44 heavy (non-hydrogen) atoms. The van der Waals surface area contributed by atoms with E-state index in [0.717, 1.165) is 43.9 Å². The van der Waals surface area contributed by atoms with Gasteiger partial charge in [0.2, 0.25) is 17.3 Å². The third-order valence-electron chi connectivity index (χ3n) is 7.92. The second kappa shape index (κ2) is 12.7. The van der Waals surface area contributed by atoms with Crippen LogP contribution in [0.2, 0.25) is 0 Å². The summed E-state index contributed by atoms with van der Waals surface area (Å²) in [5.41, 5.74) is 1.64. The first-order valence-electron chi connectivity index (χ1n) is 14.9. The van der Waals surface area contributed by atoms with E-state index >= 15 is 0 Å². The summed E-state index contributed by atoms with van der Waals surface area (Å²) in [4.78, 5) is 45.9. The lowest BCUT2D eigenvalue weighted by molar-refractivity contribution is 0.0963. The Hall–Kier alpha value is -4.32. The first-order valence-corrected chi connectivity index (χ1v) is 14.9. The van der Waals surface area contributed by atoms with E-state index in [1.807, 2.05) is 70.2 Å². The third-order valence-corrected chi connectivity index (χ3v) is 7.92. The van der Waals surface area contributed by atoms with Crippen LogP contribution >= 0.6 is 0 Å². The van der Waals surface area contributed by atoms with Crippen molar-refractivity contribution in [3.63, 3.8) is 0 Å². The zero-order chi connectivity index (χ0) is 31.5. The van der Waals surface area contributed by atoms with Crippen molar-refractivity contribution in [3.8, 4) is 0 Å². The van der Waals surface area contributed by atoms with Crippen molar-refractivity contribution in [3.05, 3.63) is 89.4 Å². The van der Waals surface area contributed by atoms with Crippen LogP contribution in [0, 0.1) is 5.92 Å². The van der Waals surface area contributed by atoms with Gasteiger partial charge in [0.05, 0.1) is 18.4 Å². The van der Waals surface area contributed by atoms with Gasteiger partial charge in [-0.05, 0) is 55.2 Å². The summed E-state index contributed by atoms with van der Waals surface area (Å²) in [6.07, 6.45) is 0.456. The molecule has 1 atom stereocenters. The number of rotatable bonds is 7. The zero-order valence-electron chi connectivity index (χ0n) is 26.0. The van der Waals surface area contributed by atoms with E-state index in [1.165, 1.54) is 12.3 Å². The molecular weight excluding hydrogens is 560 g/mol. The maximum absolute atomic E-state index is 14.1. The van der Waals surface area contributed by atoms with E-state index in [4.69, 9.17) is 9.15 Å². The van der Waals surface area contributed by atoms with Crippen LogP contribution in [0.4, 0.5) is 15.3 Å². The molecule has 4 amide bonds. The molecule has 1 fully saturated rings. The van der Waals surface area contributed by atoms with Gasteiger partial charge in [0.1, 0.15) is 0 Å². The molecule has 5 rings (SSSR count). The molecule has 1 saturated heterocycles. The standard InChI is InChI=1S/C33H40N6O5/c1-23(2)22-44-32(42)39(31(41)35-33(3,4)26-9-7-6-8-10-26)27-15-20-43-28(27)29(36-39)34-30(40)25-13-11-24(12-14-25)21-38-18-16-37(5)17-19-38/h6-15,20,23H,16-19,21-22H2,1-5H3,(H-,34,35,36,40,41)/p+1. The smallest absolute Gasteiger partial charge is 0.454 e. The number of furan rings is 1. The Morgan fingerprint density at radius 2 is 1.68 bits per heavy atom. The third kappa shape index (κ3) is 6.45. The summed E-state index contributed by atoms with van der Waals surface area (Å²) in [5, 5.41) is 10.2. The highest BCUT2D eigenvalue weighted by molar-refractivity contribution is 6.20. The average molecular weight is 602 g/mol. The molecule has 2 aliphatic rings. The molecule has 232 valence electrons. The van der Waals surface area contributed by atoms with E-state index in [2.05, 4.69) is 32.6 Å². The van der Waals surface area contributed by atoms with Gasteiger partial charge in [-0.2, -0.15) is 4.79 Å². The van der Waals surface area contributed by atoms with Gasteiger partial charge in [-0.3, -0.25) is 20.3 Å². The molecule has 0 radical (unpaired) electrons. The summed E-state index contributed by atoms with van der Waals surface area (Å²) in [7, 11) is 2.13. The minimum atomic E-state index is -1.19. The number of hydrogen-bond acceptors (Lipinski definition) is 8. The van der Waals surface area contributed by atoms with Crippen molar-refractivity contribution in [2.75, 3.05) is 39.8 Å². The number of likely N-dealkylation sites (N-methyl/N-ethyl adjacent to an activating group) is 1. The van der Waals surface area contributed by atoms with E-state index < -0.39 is 28.2 Å². The highest BCUT2D eigenvalue weighted by atomic mass is 16.6. The Labute approximate surface area is 258 Å². The Bertz CT molecular complexity index is 1520. The van der Waals surface area contributed by atoms with Gasteiger partial charge in [0.25, 0.3) is 5.91 Å². The predicted molar refractivity (Wildman–Crippen MR) is 168 cm³/mol. The molecule has 2 aliphatic heterocycles. The van der Waals surface area contributed by atoms with Crippen LogP contribution < -0.4 is 15.2 Å². The van der Waals surface area contributed by atoms with Crippen LogP contribution in [0.1, 0.15) is 54.9 Å². The fraction of sp³-hybridized carbons (Fsp3) is 0.394. The van der Waals surface area contributed by atoms with Crippen LogP contribution in [-0.2, 0) is 16.8 Å². The molecule has 0 bridgehead atoms. The highest BCUT2D eigenvalue weighted by Gasteiger charge is 2.60. The number of nitrogens with zero attached hydrogens (tertiary/aromatic N) is 4. The lowest BCUT2D eigenvalue weighted by Gasteiger charge is -2.32. The predicted octanol–water partition coefficient (Wildman–Crippen LogP) is 4.88. The van der Waals surface area contributed by atoms with Crippen LogP contribution in [0.15, 0.2) is 76.4 Å². The number of benzene rings is 2. The minimum absolute atomic E-state index is 0.0246. The molecule has 3 aromatic rings. The van der Waals surface area contributed by atoms with Gasteiger partial charge in [0.15, 0.2) is 0 Å². The second-order valence-electron chi connectivity index (χ2n) is 12.3. The molecule has 1 unspecified atom stereocenters. The van der Waals surface area contributed by atoms with Crippen LogP contribution in [-0.4, -0.2) is 73.5 Å². The first kappa shape index (κ1) is 31.1. The van der Waals surface area contributed by atoms with Gasteiger partial charge < -0.3 is 14.1 Å². The first-order chi connectivity index (χ1) is 21.0. The number of amidine groups is 1. The molecule has 11 heteroatoms. The fourth-order valence-corrected chi connectivity index (χ4v) is 5.25. The van der Waals surface area contributed by atoms with Crippen molar-refractivity contribution in [2.24, 2.45) is 11.0 Å². The molecule has 0 spiro atoms. The molecule has 3 heterocycles. The maximum atomic E-state index is 14.1. The number of nitrogens with one attached hydrogen (secondary N) is 2. The van der Waals surface area contributed by atoms with Crippen molar-refractivity contribution >= 4 is 29.6 Å². The minimum Gasteiger partial charge on any atom is -0.454 e. The SMILES string of the molecule is CC(C)COC(=O)[N+]1(C(=O)NC(C)(C)c2ccccc2)N=C(NC(=O)c2ccc(CN3CCN(C)CC3)cc2)c2occc21. The summed E-state index contributed by atoms with van der Waals surface area (Å²) in [6.45, 7) is 12.4. The zero-order valence-corrected chi connectivity index (χ0v) is 26.0. The van der Waals surface area contributed by atoms with Gasteiger partial charge in [-0.25, -0.2) is 4.79 Å². The highest BCUT2D eigenvalue weighted by Crippen LogP contribution is 2.38. The number of fused-ring (bicyclic) bond motifs is 1. The maximum Gasteiger partial charge on any atom is 0.558 e. The molecule has 2 N–H and O–H groups in total. The van der Waals surface area contributed by atoms with Gasteiger partial charge >= 0.3 is 12.1 Å². The average Bonchev–Trinajstić information content (AvgIpc) is 3.61. The quantitative estimate of drug-likeness (QED) is 0.371. The van der Waals surface area contributed by atoms with Crippen molar-refractivity contribution in [2.45, 2.75) is 39.8 Å².